The van der Waals surface area contributed by atoms with Gasteiger partial charge in [0.2, 0.25) is 0 Å². The van der Waals surface area contributed by atoms with E-state index in [1.807, 2.05) is 36.5 Å². The first-order valence-corrected chi connectivity index (χ1v) is 19.7. The number of rotatable bonds is 24. The van der Waals surface area contributed by atoms with Gasteiger partial charge in [-0.3, -0.25) is 9.98 Å². The number of unbranched alkanes of at least 4 members (excludes halogenated alkanes) is 15. The zero-order valence-electron chi connectivity index (χ0n) is 31.8. The number of hydrogen-bond acceptors (Lipinski definition) is 4. The van der Waals surface area contributed by atoms with Gasteiger partial charge in [-0.2, -0.15) is 0 Å². The monoisotopic (exact) mass is 724 g/mol. The van der Waals surface area contributed by atoms with Gasteiger partial charge in [0.05, 0.1) is 17.1 Å². The second kappa shape index (κ2) is 29.8. The number of nitrogens with zero attached hydrogens (tertiary/aromatic N) is 2. The van der Waals surface area contributed by atoms with E-state index < -0.39 is 5.75 Å². The van der Waals surface area contributed by atoms with Gasteiger partial charge >= 0.3 is 16.5 Å². The third kappa shape index (κ3) is 20.7. The van der Waals surface area contributed by atoms with E-state index in [0.29, 0.717) is 5.56 Å². The minimum atomic E-state index is -0.396. The van der Waals surface area contributed by atoms with E-state index in [1.165, 1.54) is 114 Å². The van der Waals surface area contributed by atoms with Crippen molar-refractivity contribution in [3.05, 3.63) is 83.4 Å². The Labute approximate surface area is 316 Å². The molecule has 50 heavy (non-hydrogen) atoms. The molecule has 0 saturated heterocycles. The van der Waals surface area contributed by atoms with Crippen molar-refractivity contribution in [3.8, 4) is 11.5 Å². The van der Waals surface area contributed by atoms with E-state index in [4.69, 9.17) is 9.98 Å². The van der Waals surface area contributed by atoms with Crippen molar-refractivity contribution in [2.24, 2.45) is 9.98 Å². The van der Waals surface area contributed by atoms with Crippen LogP contribution in [0, 0.1) is 6.92 Å². The predicted octanol–water partition coefficient (Wildman–Crippen LogP) is 12.9. The fourth-order valence-electron chi connectivity index (χ4n) is 6.02. The van der Waals surface area contributed by atoms with Crippen LogP contribution in [-0.2, 0) is 29.3 Å². The van der Waals surface area contributed by atoms with Crippen LogP contribution in [0.15, 0.2) is 76.7 Å². The standard InChI is InChI=1S/C35H54N2.C10H14O2.Ni/c1-3-5-7-8-9-10-11-12-13-14-15-16-17-18-20-23-32-27-29-33(30-28-32)36-31-35(24-6-4-2)37-34-25-21-19-22-26-34;1-3-4-8-5-6-9(11)10(12)7(8)2;/h19,21-22,25-31H,3-18,20,23-24H2,1-2H3;5-6,11-12H,3-4H2,1-2H3;/q;;+2/p-2. The molecule has 0 atom stereocenters. The van der Waals surface area contributed by atoms with Crippen LogP contribution in [0.4, 0.5) is 11.4 Å². The average molecular weight is 726 g/mol. The molecule has 0 fully saturated rings. The van der Waals surface area contributed by atoms with Crippen molar-refractivity contribution in [1.29, 1.82) is 0 Å². The molecule has 0 aliphatic rings. The van der Waals surface area contributed by atoms with E-state index >= 15 is 0 Å². The van der Waals surface area contributed by atoms with Crippen LogP contribution in [0.5, 0.6) is 11.5 Å². The Kier molecular flexibility index (Phi) is 26.9. The minimum Gasteiger partial charge on any atom is -0.873 e. The molecule has 0 saturated carbocycles. The molecule has 3 aromatic carbocycles. The van der Waals surface area contributed by atoms with Gasteiger partial charge < -0.3 is 10.2 Å². The van der Waals surface area contributed by atoms with Gasteiger partial charge in [-0.15, -0.1) is 11.5 Å². The first-order chi connectivity index (χ1) is 24.0. The third-order valence-corrected chi connectivity index (χ3v) is 9.18. The summed E-state index contributed by atoms with van der Waals surface area (Å²) < 4.78 is 0. The van der Waals surface area contributed by atoms with Gasteiger partial charge in [0.15, 0.2) is 0 Å². The molecule has 0 radical (unpaired) electrons. The number of aryl methyl sites for hydroxylation is 2. The van der Waals surface area contributed by atoms with Crippen LogP contribution < -0.4 is 10.2 Å². The van der Waals surface area contributed by atoms with Crippen molar-refractivity contribution in [2.75, 3.05) is 0 Å². The molecule has 5 heteroatoms. The van der Waals surface area contributed by atoms with Gasteiger partial charge in [0.1, 0.15) is 0 Å². The molecule has 0 aromatic heterocycles. The zero-order valence-corrected chi connectivity index (χ0v) is 32.8. The Morgan fingerprint density at radius 3 is 1.64 bits per heavy atom. The smallest absolute Gasteiger partial charge is 0.873 e. The topological polar surface area (TPSA) is 70.8 Å². The Morgan fingerprint density at radius 1 is 0.560 bits per heavy atom. The van der Waals surface area contributed by atoms with Crippen LogP contribution in [0.2, 0.25) is 0 Å². The molecule has 0 spiro atoms. The summed E-state index contributed by atoms with van der Waals surface area (Å²) in [4.78, 5) is 9.52. The maximum Gasteiger partial charge on any atom is 2.00 e. The molecule has 3 aromatic rings. The second-order valence-electron chi connectivity index (χ2n) is 13.6. The molecule has 0 amide bonds. The molecular weight excluding hydrogens is 659 g/mol. The van der Waals surface area contributed by atoms with E-state index in [-0.39, 0.29) is 22.2 Å². The molecule has 0 aliphatic heterocycles. The Morgan fingerprint density at radius 2 is 1.10 bits per heavy atom. The second-order valence-corrected chi connectivity index (χ2v) is 13.6. The van der Waals surface area contributed by atoms with Gasteiger partial charge in [0, 0.05) is 6.21 Å². The molecule has 0 unspecified atom stereocenters. The normalized spacial score (nSPS) is 11.3. The fraction of sp³-hybridized carbons (Fsp3) is 0.556. The number of aliphatic imine (C=N–C) groups is 2. The first-order valence-electron chi connectivity index (χ1n) is 19.7. The number of para-hydroxylation sites is 1. The third-order valence-electron chi connectivity index (χ3n) is 9.18. The largest absolute Gasteiger partial charge is 2.00 e. The zero-order chi connectivity index (χ0) is 35.4. The van der Waals surface area contributed by atoms with Crippen molar-refractivity contribution in [1.82, 2.24) is 0 Å². The molecule has 0 bridgehead atoms. The molecule has 0 heterocycles. The van der Waals surface area contributed by atoms with E-state index in [1.54, 1.807) is 13.0 Å². The summed E-state index contributed by atoms with van der Waals surface area (Å²) >= 11 is 0. The maximum absolute atomic E-state index is 11.2. The van der Waals surface area contributed by atoms with Crippen molar-refractivity contribution in [3.63, 3.8) is 0 Å². The van der Waals surface area contributed by atoms with E-state index in [0.717, 1.165) is 54.8 Å². The molecule has 0 aliphatic carbocycles. The molecule has 4 nitrogen and oxygen atoms in total. The van der Waals surface area contributed by atoms with Gasteiger partial charge in [-0.05, 0) is 74.4 Å². The predicted molar refractivity (Wildman–Crippen MR) is 210 cm³/mol. The van der Waals surface area contributed by atoms with Gasteiger partial charge in [-0.1, -0.05) is 172 Å². The molecular formula is C45H66N2NiO2. The quantitative estimate of drug-likeness (QED) is 0.0524. The van der Waals surface area contributed by atoms with Crippen molar-refractivity contribution in [2.45, 2.75) is 163 Å². The molecule has 0 N–H and O–H groups in total. The van der Waals surface area contributed by atoms with E-state index in [9.17, 15) is 10.2 Å². The van der Waals surface area contributed by atoms with Gasteiger partial charge in [-0.25, -0.2) is 0 Å². The minimum absolute atomic E-state index is 0. The molecule has 3 rings (SSSR count). The SMILES string of the molecule is CCCCCCCCCCCCCCCCCc1ccc(N=CC(CCCC)=Nc2ccccc2)cc1.CCCc1ccc([O-])c([O-])c1C.[Ni+2]. The summed E-state index contributed by atoms with van der Waals surface area (Å²) in [5, 5.41) is 22.0. The van der Waals surface area contributed by atoms with Crippen LogP contribution >= 0.6 is 0 Å². The average Bonchev–Trinajstić information content (AvgIpc) is 3.12. The summed E-state index contributed by atoms with van der Waals surface area (Å²) in [5.41, 5.74) is 6.11. The van der Waals surface area contributed by atoms with Crippen LogP contribution in [-0.4, -0.2) is 11.9 Å². The maximum atomic E-state index is 11.2. The van der Waals surface area contributed by atoms with E-state index in [2.05, 4.69) is 45.0 Å². The Hall–Kier alpha value is -2.91. The number of benzene rings is 3. The van der Waals surface area contributed by atoms with Crippen LogP contribution in [0.25, 0.3) is 0 Å². The number of hydrogen-bond donors (Lipinski definition) is 0. The summed E-state index contributed by atoms with van der Waals surface area (Å²) in [7, 11) is 0. The summed E-state index contributed by atoms with van der Waals surface area (Å²) in [6.07, 6.45) is 29.5. The fourth-order valence-corrected chi connectivity index (χ4v) is 6.02. The Bertz CT molecular complexity index is 1300. The summed E-state index contributed by atoms with van der Waals surface area (Å²) in [5.74, 6) is -0.742. The summed E-state index contributed by atoms with van der Waals surface area (Å²) in [6.45, 7) is 8.28. The van der Waals surface area contributed by atoms with Crippen molar-refractivity contribution < 1.29 is 26.7 Å². The Balaban J connectivity index is 0.000000810. The molecule has 278 valence electrons. The first kappa shape index (κ1) is 45.1. The van der Waals surface area contributed by atoms with Crippen molar-refractivity contribution >= 4 is 23.3 Å². The van der Waals surface area contributed by atoms with Crippen LogP contribution in [0.3, 0.4) is 0 Å². The van der Waals surface area contributed by atoms with Gasteiger partial charge in [0.25, 0.3) is 0 Å². The summed E-state index contributed by atoms with van der Waals surface area (Å²) in [6, 6.07) is 22.1. The van der Waals surface area contributed by atoms with Crippen LogP contribution in [0.1, 0.15) is 159 Å².